The van der Waals surface area contributed by atoms with Crippen LogP contribution in [0.2, 0.25) is 0 Å². The third-order valence-corrected chi connectivity index (χ3v) is 5.95. The molecule has 0 unspecified atom stereocenters. The molecule has 1 aliphatic rings. The van der Waals surface area contributed by atoms with Gasteiger partial charge in [0.2, 0.25) is 5.09 Å². The number of hydrogen-bond acceptors (Lipinski definition) is 4. The molecule has 1 aliphatic heterocycles. The van der Waals surface area contributed by atoms with E-state index in [0.29, 0.717) is 25.4 Å². The van der Waals surface area contributed by atoms with Crippen molar-refractivity contribution in [2.45, 2.75) is 17.9 Å². The van der Waals surface area contributed by atoms with Gasteiger partial charge in [-0.1, -0.05) is 30.3 Å². The van der Waals surface area contributed by atoms with Crippen LogP contribution in [0.4, 0.5) is 0 Å². The standard InChI is InChI=1S/C16H20N2O3S.ClH/c1-12-7-8-16(21-12)22(19,20)18-10-14(9-17)15(11-18)13-5-3-2-4-6-13;/h2-8,14-15H,9-11,17H2,1H3;1H/t14-,15+;/m1./s1. The highest BCUT2D eigenvalue weighted by molar-refractivity contribution is 7.89. The fraction of sp³-hybridized carbons (Fsp3) is 0.375. The van der Waals surface area contributed by atoms with Crippen molar-refractivity contribution in [3.63, 3.8) is 0 Å². The Balaban J connectivity index is 0.00000192. The number of halogens is 1. The molecule has 3 rings (SSSR count). The second kappa shape index (κ2) is 7.05. The van der Waals surface area contributed by atoms with Crippen molar-refractivity contribution in [1.29, 1.82) is 0 Å². The largest absolute Gasteiger partial charge is 0.449 e. The SMILES string of the molecule is Cc1ccc(S(=O)(=O)N2C[C@@H](CN)[C@H](c3ccccc3)C2)o1.Cl. The molecule has 2 N–H and O–H groups in total. The summed E-state index contributed by atoms with van der Waals surface area (Å²) in [5, 5.41) is 0.00878. The van der Waals surface area contributed by atoms with Crippen molar-refractivity contribution >= 4 is 22.4 Å². The Bertz CT molecular complexity index is 746. The summed E-state index contributed by atoms with van der Waals surface area (Å²) in [5.74, 6) is 0.832. The number of sulfonamides is 1. The zero-order chi connectivity index (χ0) is 15.7. The number of hydrogen-bond donors (Lipinski definition) is 1. The molecule has 0 radical (unpaired) electrons. The predicted molar refractivity (Wildman–Crippen MR) is 91.2 cm³/mol. The second-order valence-corrected chi connectivity index (χ2v) is 7.57. The lowest BCUT2D eigenvalue weighted by molar-refractivity contribution is 0.394. The molecule has 1 fully saturated rings. The molecule has 2 heterocycles. The molecule has 0 bridgehead atoms. The lowest BCUT2D eigenvalue weighted by Gasteiger charge is -2.16. The quantitative estimate of drug-likeness (QED) is 0.912. The van der Waals surface area contributed by atoms with Gasteiger partial charge in [-0.15, -0.1) is 12.4 Å². The van der Waals surface area contributed by atoms with Gasteiger partial charge in [-0.25, -0.2) is 8.42 Å². The maximum atomic E-state index is 12.7. The summed E-state index contributed by atoms with van der Waals surface area (Å²) in [6.45, 7) is 3.06. The first kappa shape index (κ1) is 18.0. The Morgan fingerprint density at radius 3 is 2.43 bits per heavy atom. The molecule has 2 atom stereocenters. The van der Waals surface area contributed by atoms with Gasteiger partial charge in [0.25, 0.3) is 10.0 Å². The molecular weight excluding hydrogens is 336 g/mol. The predicted octanol–water partition coefficient (Wildman–Crippen LogP) is 2.37. The average molecular weight is 357 g/mol. The van der Waals surface area contributed by atoms with Gasteiger partial charge in [0.05, 0.1) is 0 Å². The van der Waals surface area contributed by atoms with E-state index in [2.05, 4.69) is 0 Å². The molecular formula is C16H21ClN2O3S. The van der Waals surface area contributed by atoms with Gasteiger partial charge < -0.3 is 10.2 Å². The van der Waals surface area contributed by atoms with Crippen LogP contribution in [0.15, 0.2) is 52.0 Å². The van der Waals surface area contributed by atoms with Gasteiger partial charge in [0, 0.05) is 19.0 Å². The summed E-state index contributed by atoms with van der Waals surface area (Å²) in [6, 6.07) is 13.1. The number of furan rings is 1. The van der Waals surface area contributed by atoms with Gasteiger partial charge in [-0.05, 0) is 37.1 Å². The van der Waals surface area contributed by atoms with E-state index in [9.17, 15) is 8.42 Å². The fourth-order valence-electron chi connectivity index (χ4n) is 3.02. The van der Waals surface area contributed by atoms with Crippen LogP contribution in [0, 0.1) is 12.8 Å². The molecule has 1 saturated heterocycles. The molecule has 5 nitrogen and oxygen atoms in total. The highest BCUT2D eigenvalue weighted by atomic mass is 35.5. The normalized spacial score (nSPS) is 22.0. The summed E-state index contributed by atoms with van der Waals surface area (Å²) >= 11 is 0. The van der Waals surface area contributed by atoms with Gasteiger partial charge in [-0.3, -0.25) is 0 Å². The van der Waals surface area contributed by atoms with Crippen LogP contribution >= 0.6 is 12.4 Å². The van der Waals surface area contributed by atoms with Crippen LogP contribution < -0.4 is 5.73 Å². The first-order valence-electron chi connectivity index (χ1n) is 7.34. The van der Waals surface area contributed by atoms with Crippen molar-refractivity contribution in [3.8, 4) is 0 Å². The van der Waals surface area contributed by atoms with Crippen LogP contribution in [-0.4, -0.2) is 32.4 Å². The van der Waals surface area contributed by atoms with Gasteiger partial charge in [-0.2, -0.15) is 4.31 Å². The lowest BCUT2D eigenvalue weighted by atomic mass is 9.89. The average Bonchev–Trinajstić information content (AvgIpc) is 3.14. The van der Waals surface area contributed by atoms with Crippen LogP contribution in [-0.2, 0) is 10.0 Å². The van der Waals surface area contributed by atoms with E-state index < -0.39 is 10.0 Å². The minimum atomic E-state index is -3.59. The maximum Gasteiger partial charge on any atom is 0.276 e. The van der Waals surface area contributed by atoms with E-state index >= 15 is 0 Å². The minimum Gasteiger partial charge on any atom is -0.449 e. The Labute approximate surface area is 142 Å². The van der Waals surface area contributed by atoms with Crippen molar-refractivity contribution in [1.82, 2.24) is 4.31 Å². The first-order chi connectivity index (χ1) is 10.5. The highest BCUT2D eigenvalue weighted by Gasteiger charge is 2.40. The molecule has 0 amide bonds. The number of nitrogens with two attached hydrogens (primary N) is 1. The number of nitrogens with zero attached hydrogens (tertiary/aromatic N) is 1. The van der Waals surface area contributed by atoms with E-state index in [1.54, 1.807) is 13.0 Å². The van der Waals surface area contributed by atoms with E-state index in [4.69, 9.17) is 10.2 Å². The summed E-state index contributed by atoms with van der Waals surface area (Å²) in [4.78, 5) is 0. The molecule has 0 spiro atoms. The number of benzene rings is 1. The Morgan fingerprint density at radius 2 is 1.87 bits per heavy atom. The van der Waals surface area contributed by atoms with E-state index in [0.717, 1.165) is 5.56 Å². The summed E-state index contributed by atoms with van der Waals surface area (Å²) in [6.07, 6.45) is 0. The molecule has 1 aromatic heterocycles. The second-order valence-electron chi connectivity index (χ2n) is 5.70. The topological polar surface area (TPSA) is 76.5 Å². The molecule has 0 saturated carbocycles. The van der Waals surface area contributed by atoms with Crippen molar-refractivity contribution in [3.05, 3.63) is 53.8 Å². The Morgan fingerprint density at radius 1 is 1.17 bits per heavy atom. The Kier molecular flexibility index (Phi) is 5.52. The smallest absolute Gasteiger partial charge is 0.276 e. The number of aryl methyl sites for hydroxylation is 1. The minimum absolute atomic E-state index is 0. The van der Waals surface area contributed by atoms with Crippen LogP contribution in [0.5, 0.6) is 0 Å². The van der Waals surface area contributed by atoms with Crippen LogP contribution in [0.1, 0.15) is 17.2 Å². The summed E-state index contributed by atoms with van der Waals surface area (Å²) in [7, 11) is -3.59. The van der Waals surface area contributed by atoms with Crippen molar-refractivity contribution in [2.75, 3.05) is 19.6 Å². The first-order valence-corrected chi connectivity index (χ1v) is 8.78. The third kappa shape index (κ3) is 3.45. The zero-order valence-electron chi connectivity index (χ0n) is 12.9. The van der Waals surface area contributed by atoms with Gasteiger partial charge in [0.15, 0.2) is 0 Å². The van der Waals surface area contributed by atoms with E-state index in [1.807, 2.05) is 30.3 Å². The molecule has 2 aromatic rings. The monoisotopic (exact) mass is 356 g/mol. The zero-order valence-corrected chi connectivity index (χ0v) is 14.5. The van der Waals surface area contributed by atoms with E-state index in [-0.39, 0.29) is 29.3 Å². The van der Waals surface area contributed by atoms with Crippen molar-refractivity contribution in [2.24, 2.45) is 11.7 Å². The lowest BCUT2D eigenvalue weighted by Crippen LogP contribution is -2.29. The number of rotatable bonds is 4. The highest BCUT2D eigenvalue weighted by Crippen LogP contribution is 2.35. The summed E-state index contributed by atoms with van der Waals surface area (Å²) in [5.41, 5.74) is 7.00. The van der Waals surface area contributed by atoms with Crippen molar-refractivity contribution < 1.29 is 12.8 Å². The van der Waals surface area contributed by atoms with Crippen LogP contribution in [0.3, 0.4) is 0 Å². The molecule has 7 heteroatoms. The van der Waals surface area contributed by atoms with Gasteiger partial charge >= 0.3 is 0 Å². The Hall–Kier alpha value is -1.34. The summed E-state index contributed by atoms with van der Waals surface area (Å²) < 4.78 is 32.2. The molecule has 23 heavy (non-hydrogen) atoms. The third-order valence-electron chi connectivity index (χ3n) is 4.25. The molecule has 0 aliphatic carbocycles. The molecule has 1 aromatic carbocycles. The fourth-order valence-corrected chi connectivity index (χ4v) is 4.50. The maximum absolute atomic E-state index is 12.7. The van der Waals surface area contributed by atoms with Gasteiger partial charge in [0.1, 0.15) is 5.76 Å². The van der Waals surface area contributed by atoms with E-state index in [1.165, 1.54) is 10.4 Å². The molecule has 126 valence electrons. The van der Waals surface area contributed by atoms with Crippen LogP contribution in [0.25, 0.3) is 0 Å².